The molecule has 2 aromatic carbocycles. The van der Waals surface area contributed by atoms with Gasteiger partial charge in [0.05, 0.1) is 19.8 Å². The first-order chi connectivity index (χ1) is 10.6. The molecule has 114 valence electrons. The molecule has 0 unspecified atom stereocenters. The molecule has 2 rings (SSSR count). The van der Waals surface area contributed by atoms with Crippen LogP contribution in [0.3, 0.4) is 0 Å². The van der Waals surface area contributed by atoms with Crippen LogP contribution in [-0.4, -0.2) is 31.6 Å². The maximum atomic E-state index is 12.1. The lowest BCUT2D eigenvalue weighted by Crippen LogP contribution is -2.09. The quantitative estimate of drug-likeness (QED) is 0.519. The monoisotopic (exact) mass is 302 g/mol. The summed E-state index contributed by atoms with van der Waals surface area (Å²) in [6, 6.07) is 8.55. The van der Waals surface area contributed by atoms with Crippen molar-refractivity contribution in [1.29, 1.82) is 0 Å². The summed E-state index contributed by atoms with van der Waals surface area (Å²) in [4.78, 5) is 22.9. The van der Waals surface area contributed by atoms with Crippen molar-refractivity contribution in [2.75, 3.05) is 14.2 Å². The minimum absolute atomic E-state index is 0.0769. The van der Waals surface area contributed by atoms with E-state index < -0.39 is 5.97 Å². The topological polar surface area (TPSA) is 82.1 Å². The Bertz CT molecular complexity index is 708. The van der Waals surface area contributed by atoms with Crippen LogP contribution < -0.4 is 14.2 Å². The first kappa shape index (κ1) is 15.4. The van der Waals surface area contributed by atoms with E-state index in [0.29, 0.717) is 11.8 Å². The second kappa shape index (κ2) is 6.62. The lowest BCUT2D eigenvalue weighted by molar-refractivity contribution is 0.0729. The number of carbonyl (C=O) groups is 2. The smallest absolute Gasteiger partial charge is 0.343 e. The number of hydrogen-bond donors (Lipinski definition) is 1. The van der Waals surface area contributed by atoms with Gasteiger partial charge in [-0.1, -0.05) is 0 Å². The summed E-state index contributed by atoms with van der Waals surface area (Å²) in [5, 5.41) is 9.52. The number of rotatable bonds is 5. The molecule has 0 fully saturated rings. The molecule has 0 saturated heterocycles. The summed E-state index contributed by atoms with van der Waals surface area (Å²) in [6.45, 7) is 0. The van der Waals surface area contributed by atoms with Gasteiger partial charge >= 0.3 is 5.97 Å². The van der Waals surface area contributed by atoms with Crippen LogP contribution in [0.5, 0.6) is 23.0 Å². The van der Waals surface area contributed by atoms with E-state index in [-0.39, 0.29) is 28.6 Å². The molecule has 0 aliphatic rings. The predicted octanol–water partition coefficient (Wildman–Crippen LogP) is 2.44. The zero-order valence-corrected chi connectivity index (χ0v) is 12.0. The van der Waals surface area contributed by atoms with E-state index in [0.717, 1.165) is 0 Å². The van der Waals surface area contributed by atoms with Crippen LogP contribution in [0.15, 0.2) is 36.4 Å². The average Bonchev–Trinajstić information content (AvgIpc) is 2.55. The summed E-state index contributed by atoms with van der Waals surface area (Å²) in [5.74, 6) is -0.103. The van der Waals surface area contributed by atoms with Gasteiger partial charge in [0.2, 0.25) is 0 Å². The van der Waals surface area contributed by atoms with E-state index in [1.807, 2.05) is 0 Å². The van der Waals surface area contributed by atoms with E-state index in [9.17, 15) is 14.7 Å². The number of aromatic hydroxyl groups is 1. The Kier molecular flexibility index (Phi) is 4.63. The maximum absolute atomic E-state index is 12.1. The van der Waals surface area contributed by atoms with E-state index in [1.165, 1.54) is 50.6 Å². The van der Waals surface area contributed by atoms with E-state index in [4.69, 9.17) is 14.2 Å². The molecule has 6 nitrogen and oxygen atoms in total. The fourth-order valence-electron chi connectivity index (χ4n) is 1.81. The maximum Gasteiger partial charge on any atom is 0.343 e. The minimum Gasteiger partial charge on any atom is -0.504 e. The lowest BCUT2D eigenvalue weighted by atomic mass is 10.2. The van der Waals surface area contributed by atoms with E-state index >= 15 is 0 Å². The number of phenols is 1. The van der Waals surface area contributed by atoms with Gasteiger partial charge in [-0.05, 0) is 36.4 Å². The minimum atomic E-state index is -0.643. The molecule has 0 bridgehead atoms. The number of esters is 1. The van der Waals surface area contributed by atoms with Crippen LogP contribution in [0, 0.1) is 0 Å². The summed E-state index contributed by atoms with van der Waals surface area (Å²) < 4.78 is 15.3. The van der Waals surface area contributed by atoms with Gasteiger partial charge in [0.1, 0.15) is 6.29 Å². The fraction of sp³-hybridized carbons (Fsp3) is 0.125. The number of carbonyl (C=O) groups excluding carboxylic acids is 2. The van der Waals surface area contributed by atoms with Gasteiger partial charge < -0.3 is 19.3 Å². The molecule has 0 aliphatic carbocycles. The molecule has 0 heterocycles. The first-order valence-electron chi connectivity index (χ1n) is 6.31. The Labute approximate surface area is 126 Å². The average molecular weight is 302 g/mol. The van der Waals surface area contributed by atoms with Crippen molar-refractivity contribution in [2.45, 2.75) is 0 Å². The van der Waals surface area contributed by atoms with E-state index in [1.54, 1.807) is 0 Å². The van der Waals surface area contributed by atoms with Crippen molar-refractivity contribution >= 4 is 12.3 Å². The van der Waals surface area contributed by atoms with Crippen LogP contribution >= 0.6 is 0 Å². The van der Waals surface area contributed by atoms with Crippen molar-refractivity contribution < 1.29 is 28.9 Å². The lowest BCUT2D eigenvalue weighted by Gasteiger charge is -2.10. The van der Waals surface area contributed by atoms with Crippen LogP contribution in [0.2, 0.25) is 0 Å². The fourth-order valence-corrected chi connectivity index (χ4v) is 1.81. The number of phenolic OH excluding ortho intramolecular Hbond substituents is 1. The zero-order valence-electron chi connectivity index (χ0n) is 12.0. The second-order valence-electron chi connectivity index (χ2n) is 4.30. The Hall–Kier alpha value is -3.02. The Balaban J connectivity index is 2.27. The molecule has 6 heteroatoms. The highest BCUT2D eigenvalue weighted by molar-refractivity contribution is 5.92. The Morgan fingerprint density at radius 2 is 1.73 bits per heavy atom. The highest BCUT2D eigenvalue weighted by atomic mass is 16.6. The standard InChI is InChI=1S/C16H14O6/c1-20-14-8-11(4-5-12(14)18)16(19)22-13-6-3-10(9-17)7-15(13)21-2/h3-9,18H,1-2H3. The van der Waals surface area contributed by atoms with Crippen molar-refractivity contribution in [2.24, 2.45) is 0 Å². The predicted molar refractivity (Wildman–Crippen MR) is 78.0 cm³/mol. The number of aldehydes is 1. The third-order valence-electron chi connectivity index (χ3n) is 2.94. The van der Waals surface area contributed by atoms with Crippen LogP contribution in [0.1, 0.15) is 20.7 Å². The van der Waals surface area contributed by atoms with Gasteiger partial charge in [-0.2, -0.15) is 0 Å². The van der Waals surface area contributed by atoms with Gasteiger partial charge in [0.25, 0.3) is 0 Å². The molecule has 0 spiro atoms. The van der Waals surface area contributed by atoms with Crippen molar-refractivity contribution in [3.05, 3.63) is 47.5 Å². The van der Waals surface area contributed by atoms with Gasteiger partial charge in [-0.25, -0.2) is 4.79 Å². The zero-order chi connectivity index (χ0) is 16.1. The van der Waals surface area contributed by atoms with Crippen molar-refractivity contribution in [3.8, 4) is 23.0 Å². The highest BCUT2D eigenvalue weighted by Gasteiger charge is 2.15. The summed E-state index contributed by atoms with van der Waals surface area (Å²) >= 11 is 0. The number of hydrogen-bond acceptors (Lipinski definition) is 6. The third kappa shape index (κ3) is 3.17. The molecule has 0 atom stereocenters. The largest absolute Gasteiger partial charge is 0.504 e. The van der Waals surface area contributed by atoms with E-state index in [2.05, 4.69) is 0 Å². The van der Waals surface area contributed by atoms with Crippen molar-refractivity contribution in [1.82, 2.24) is 0 Å². The molecule has 0 saturated carbocycles. The van der Waals surface area contributed by atoms with Crippen LogP contribution in [-0.2, 0) is 0 Å². The van der Waals surface area contributed by atoms with Gasteiger partial charge in [0.15, 0.2) is 23.0 Å². The number of benzene rings is 2. The van der Waals surface area contributed by atoms with Crippen molar-refractivity contribution in [3.63, 3.8) is 0 Å². The molecule has 0 amide bonds. The third-order valence-corrected chi connectivity index (χ3v) is 2.94. The Morgan fingerprint density at radius 3 is 2.36 bits per heavy atom. The van der Waals surface area contributed by atoms with Crippen LogP contribution in [0.25, 0.3) is 0 Å². The van der Waals surface area contributed by atoms with Gasteiger partial charge in [0, 0.05) is 5.56 Å². The number of methoxy groups -OCH3 is 2. The molecule has 0 aliphatic heterocycles. The molecule has 1 N–H and O–H groups in total. The highest BCUT2D eigenvalue weighted by Crippen LogP contribution is 2.30. The normalized spacial score (nSPS) is 9.91. The second-order valence-corrected chi connectivity index (χ2v) is 4.30. The Morgan fingerprint density at radius 1 is 1.00 bits per heavy atom. The summed E-state index contributed by atoms with van der Waals surface area (Å²) in [7, 11) is 2.79. The molecule has 22 heavy (non-hydrogen) atoms. The van der Waals surface area contributed by atoms with Gasteiger partial charge in [-0.3, -0.25) is 4.79 Å². The summed E-state index contributed by atoms with van der Waals surface area (Å²) in [5.41, 5.74) is 0.610. The molecular formula is C16H14O6. The molecule has 0 aromatic heterocycles. The first-order valence-corrected chi connectivity index (χ1v) is 6.31. The molecular weight excluding hydrogens is 288 g/mol. The SMILES string of the molecule is COc1cc(C(=O)Oc2ccc(C=O)cc2OC)ccc1O. The molecule has 0 radical (unpaired) electrons. The van der Waals surface area contributed by atoms with Gasteiger partial charge in [-0.15, -0.1) is 0 Å². The molecule has 2 aromatic rings. The summed E-state index contributed by atoms with van der Waals surface area (Å²) in [6.07, 6.45) is 0.666. The number of ether oxygens (including phenoxy) is 3. The van der Waals surface area contributed by atoms with Crippen LogP contribution in [0.4, 0.5) is 0 Å².